The first kappa shape index (κ1) is 24.0. The van der Waals surface area contributed by atoms with E-state index in [1.165, 1.54) is 0 Å². The molecule has 2 aromatic heterocycles. The molecule has 190 valence electrons. The number of aromatic nitrogens is 3. The number of nitrogens with one attached hydrogen (secondary N) is 2. The van der Waals surface area contributed by atoms with E-state index in [-0.39, 0.29) is 35.0 Å². The second kappa shape index (κ2) is 9.40. The first-order chi connectivity index (χ1) is 16.8. The van der Waals surface area contributed by atoms with E-state index in [4.69, 9.17) is 9.82 Å². The van der Waals surface area contributed by atoms with Crippen LogP contribution in [0.4, 0.5) is 5.69 Å². The van der Waals surface area contributed by atoms with Crippen molar-refractivity contribution in [1.82, 2.24) is 20.1 Å². The first-order valence-electron chi connectivity index (χ1n) is 12.7. The minimum absolute atomic E-state index is 0.0333. The third kappa shape index (κ3) is 4.74. The molecule has 1 amide bonds. The minimum atomic E-state index is -2.95. The Morgan fingerprint density at radius 2 is 1.91 bits per heavy atom. The van der Waals surface area contributed by atoms with Gasteiger partial charge in [-0.15, -0.1) is 0 Å². The van der Waals surface area contributed by atoms with Crippen LogP contribution in [0, 0.1) is 5.92 Å². The van der Waals surface area contributed by atoms with E-state index < -0.39 is 9.84 Å². The van der Waals surface area contributed by atoms with Crippen molar-refractivity contribution in [3.63, 3.8) is 0 Å². The fourth-order valence-corrected chi connectivity index (χ4v) is 7.02. The summed E-state index contributed by atoms with van der Waals surface area (Å²) in [6, 6.07) is 0.0530. The zero-order chi connectivity index (χ0) is 24.6. The standard InChI is InChI=1S/C24H34N6O4S/c1-3-25-23(31)16-5-9-24(10-6-16)13-20(29-34-24)18-14-26-22-19(15-27-30(22)4-2)21(18)28-17-7-11-35(32,33)12-8-17/h14-17H,3-13H2,1-2H3,(H,25,31)(H,26,28). The normalized spacial score (nSPS) is 23.7. The van der Waals surface area contributed by atoms with Crippen molar-refractivity contribution >= 4 is 38.2 Å². The topological polar surface area (TPSA) is 128 Å². The van der Waals surface area contributed by atoms with Crippen molar-refractivity contribution in [2.24, 2.45) is 11.1 Å². The van der Waals surface area contributed by atoms with E-state index >= 15 is 0 Å². The molecule has 0 atom stereocenters. The lowest BCUT2D eigenvalue weighted by Crippen LogP contribution is -2.40. The van der Waals surface area contributed by atoms with Gasteiger partial charge < -0.3 is 15.5 Å². The summed E-state index contributed by atoms with van der Waals surface area (Å²) in [5.74, 6) is 0.557. The smallest absolute Gasteiger partial charge is 0.223 e. The van der Waals surface area contributed by atoms with E-state index in [2.05, 4.69) is 20.9 Å². The average Bonchev–Trinajstić information content (AvgIpc) is 3.45. The van der Waals surface area contributed by atoms with Crippen LogP contribution in [0.3, 0.4) is 0 Å². The van der Waals surface area contributed by atoms with Crippen LogP contribution < -0.4 is 10.6 Å². The zero-order valence-corrected chi connectivity index (χ0v) is 21.2. The molecule has 0 radical (unpaired) electrons. The van der Waals surface area contributed by atoms with Gasteiger partial charge in [0.25, 0.3) is 0 Å². The number of fused-ring (bicyclic) bond motifs is 1. The van der Waals surface area contributed by atoms with Gasteiger partial charge >= 0.3 is 0 Å². The van der Waals surface area contributed by atoms with Gasteiger partial charge in [-0.05, 0) is 52.4 Å². The van der Waals surface area contributed by atoms with Crippen molar-refractivity contribution in [1.29, 1.82) is 0 Å². The first-order valence-corrected chi connectivity index (χ1v) is 14.5. The third-order valence-corrected chi connectivity index (χ3v) is 9.35. The van der Waals surface area contributed by atoms with Crippen LogP contribution in [0.15, 0.2) is 17.5 Å². The van der Waals surface area contributed by atoms with Crippen molar-refractivity contribution in [2.45, 2.75) is 77.0 Å². The predicted octanol–water partition coefficient (Wildman–Crippen LogP) is 2.63. The number of sulfone groups is 1. The highest BCUT2D eigenvalue weighted by Gasteiger charge is 2.44. The molecule has 2 aliphatic heterocycles. The molecule has 1 aliphatic carbocycles. The third-order valence-electron chi connectivity index (χ3n) is 7.64. The van der Waals surface area contributed by atoms with Gasteiger partial charge in [-0.2, -0.15) is 5.10 Å². The summed E-state index contributed by atoms with van der Waals surface area (Å²) in [6.07, 6.45) is 8.61. The number of carbonyl (C=O) groups is 1. The monoisotopic (exact) mass is 502 g/mol. The summed E-state index contributed by atoms with van der Waals surface area (Å²) < 4.78 is 25.7. The number of hydrogen-bond acceptors (Lipinski definition) is 8. The molecule has 0 unspecified atom stereocenters. The summed E-state index contributed by atoms with van der Waals surface area (Å²) in [7, 11) is -2.95. The number of carbonyl (C=O) groups excluding carboxylic acids is 1. The van der Waals surface area contributed by atoms with Crippen LogP contribution in [0.2, 0.25) is 0 Å². The Kier molecular flexibility index (Phi) is 6.45. The van der Waals surface area contributed by atoms with Gasteiger partial charge in [0.15, 0.2) is 5.65 Å². The quantitative estimate of drug-likeness (QED) is 0.621. The lowest BCUT2D eigenvalue weighted by atomic mass is 9.75. The summed E-state index contributed by atoms with van der Waals surface area (Å²) in [4.78, 5) is 23.0. The molecule has 10 nitrogen and oxygen atoms in total. The van der Waals surface area contributed by atoms with Crippen LogP contribution in [-0.2, 0) is 26.0 Å². The lowest BCUT2D eigenvalue weighted by molar-refractivity contribution is -0.128. The van der Waals surface area contributed by atoms with E-state index in [0.29, 0.717) is 32.4 Å². The largest absolute Gasteiger partial charge is 0.389 e. The maximum atomic E-state index is 12.3. The molecule has 2 N–H and O–H groups in total. The Bertz CT molecular complexity index is 1230. The minimum Gasteiger partial charge on any atom is -0.389 e. The number of nitrogens with zero attached hydrogens (tertiary/aromatic N) is 4. The van der Waals surface area contributed by atoms with Gasteiger partial charge in [0.2, 0.25) is 5.91 Å². The van der Waals surface area contributed by atoms with Gasteiger partial charge in [0, 0.05) is 43.2 Å². The Morgan fingerprint density at radius 1 is 1.17 bits per heavy atom. The van der Waals surface area contributed by atoms with Crippen LogP contribution >= 0.6 is 0 Å². The van der Waals surface area contributed by atoms with Crippen LogP contribution in [0.1, 0.15) is 64.4 Å². The van der Waals surface area contributed by atoms with Gasteiger partial charge in [-0.1, -0.05) is 5.16 Å². The highest BCUT2D eigenvalue weighted by atomic mass is 32.2. The number of anilines is 1. The van der Waals surface area contributed by atoms with Crippen molar-refractivity contribution in [3.05, 3.63) is 18.0 Å². The SMILES string of the molecule is CCNC(=O)C1CCC2(CC1)CC(c1cnc3c(cnn3CC)c1NC1CCS(=O)(=O)CC1)=NO2. The molecule has 1 saturated carbocycles. The van der Waals surface area contributed by atoms with Crippen LogP contribution in [0.25, 0.3) is 11.0 Å². The molecular weight excluding hydrogens is 468 g/mol. The van der Waals surface area contributed by atoms with Crippen LogP contribution in [0.5, 0.6) is 0 Å². The number of amides is 1. The number of pyridine rings is 1. The van der Waals surface area contributed by atoms with E-state index in [0.717, 1.165) is 53.7 Å². The maximum absolute atomic E-state index is 12.3. The highest BCUT2D eigenvalue weighted by molar-refractivity contribution is 7.91. The van der Waals surface area contributed by atoms with Gasteiger partial charge in [-0.25, -0.2) is 18.1 Å². The predicted molar refractivity (Wildman–Crippen MR) is 134 cm³/mol. The average molecular weight is 503 g/mol. The summed E-state index contributed by atoms with van der Waals surface area (Å²) >= 11 is 0. The number of oxime groups is 1. The fraction of sp³-hybridized carbons (Fsp3) is 0.667. The molecule has 2 fully saturated rings. The van der Waals surface area contributed by atoms with Gasteiger partial charge in [0.1, 0.15) is 15.4 Å². The number of hydrogen-bond donors (Lipinski definition) is 2. The molecule has 0 aromatic carbocycles. The fourth-order valence-electron chi connectivity index (χ4n) is 5.53. The van der Waals surface area contributed by atoms with Crippen molar-refractivity contribution in [2.75, 3.05) is 23.4 Å². The highest BCUT2D eigenvalue weighted by Crippen LogP contribution is 2.43. The second-order valence-electron chi connectivity index (χ2n) is 9.97. The molecule has 35 heavy (non-hydrogen) atoms. The molecule has 0 bridgehead atoms. The Balaban J connectivity index is 1.38. The maximum Gasteiger partial charge on any atom is 0.223 e. The summed E-state index contributed by atoms with van der Waals surface area (Å²) in [6.45, 7) is 5.32. The molecule has 4 heterocycles. The van der Waals surface area contributed by atoms with Crippen molar-refractivity contribution in [3.8, 4) is 0 Å². The lowest BCUT2D eigenvalue weighted by Gasteiger charge is -2.34. The zero-order valence-electron chi connectivity index (χ0n) is 20.4. The Hall–Kier alpha value is -2.69. The van der Waals surface area contributed by atoms with E-state index in [9.17, 15) is 13.2 Å². The molecule has 1 spiro atoms. The Labute approximate surface area is 205 Å². The number of aryl methyl sites for hydroxylation is 1. The second-order valence-corrected chi connectivity index (χ2v) is 12.3. The van der Waals surface area contributed by atoms with E-state index in [1.54, 1.807) is 0 Å². The molecular formula is C24H34N6O4S. The number of rotatable bonds is 6. The molecule has 1 saturated heterocycles. The molecule has 11 heteroatoms. The van der Waals surface area contributed by atoms with Crippen LogP contribution in [-0.4, -0.2) is 64.5 Å². The van der Waals surface area contributed by atoms with E-state index in [1.807, 2.05) is 30.9 Å². The Morgan fingerprint density at radius 3 is 2.60 bits per heavy atom. The molecule has 5 rings (SSSR count). The summed E-state index contributed by atoms with van der Waals surface area (Å²) in [5, 5.41) is 16.5. The van der Waals surface area contributed by atoms with Gasteiger partial charge in [-0.3, -0.25) is 4.79 Å². The molecule has 2 aromatic rings. The summed E-state index contributed by atoms with van der Waals surface area (Å²) in [5.41, 5.74) is 3.03. The van der Waals surface area contributed by atoms with Gasteiger partial charge in [0.05, 0.1) is 34.5 Å². The van der Waals surface area contributed by atoms with Crippen molar-refractivity contribution < 1.29 is 18.0 Å². The molecule has 3 aliphatic rings.